The molecule has 126 valence electrons. The molecule has 25 heavy (non-hydrogen) atoms. The number of aryl methyl sites for hydroxylation is 1. The molecule has 0 aliphatic heterocycles. The minimum atomic E-state index is -0.0922. The number of rotatable bonds is 7. The third kappa shape index (κ3) is 4.37. The first kappa shape index (κ1) is 17.0. The number of hydrogen-bond donors (Lipinski definition) is 1. The number of para-hydroxylation sites is 1. The molecule has 0 aliphatic rings. The van der Waals surface area contributed by atoms with Gasteiger partial charge in [0.05, 0.1) is 12.5 Å². The highest BCUT2D eigenvalue weighted by atomic mass is 32.1. The van der Waals surface area contributed by atoms with E-state index in [1.165, 1.54) is 4.88 Å². The van der Waals surface area contributed by atoms with Gasteiger partial charge in [0.25, 0.3) is 0 Å². The number of aromatic nitrogens is 1. The van der Waals surface area contributed by atoms with Gasteiger partial charge in [-0.1, -0.05) is 24.3 Å². The van der Waals surface area contributed by atoms with Crippen LogP contribution in [0.25, 0.3) is 17.0 Å². The van der Waals surface area contributed by atoms with Gasteiger partial charge in [-0.25, -0.2) is 0 Å². The SMILES string of the molecule is N#CCCn1cc(/C=C/C(=O)NCCc2cccs2)c2ccccc21. The molecule has 0 bridgehead atoms. The maximum absolute atomic E-state index is 12.0. The number of benzene rings is 1. The fourth-order valence-electron chi connectivity index (χ4n) is 2.75. The lowest BCUT2D eigenvalue weighted by Gasteiger charge is -2.00. The highest BCUT2D eigenvalue weighted by Crippen LogP contribution is 2.22. The first-order valence-electron chi connectivity index (χ1n) is 8.21. The van der Waals surface area contributed by atoms with Crippen molar-refractivity contribution in [1.82, 2.24) is 9.88 Å². The summed E-state index contributed by atoms with van der Waals surface area (Å²) in [7, 11) is 0. The second-order valence-electron chi connectivity index (χ2n) is 5.66. The molecular weight excluding hydrogens is 330 g/mol. The normalized spacial score (nSPS) is 11.0. The van der Waals surface area contributed by atoms with E-state index >= 15 is 0 Å². The topological polar surface area (TPSA) is 57.8 Å². The van der Waals surface area contributed by atoms with Gasteiger partial charge in [-0.05, 0) is 30.0 Å². The van der Waals surface area contributed by atoms with Crippen molar-refractivity contribution in [3.05, 3.63) is 64.5 Å². The molecule has 0 atom stereocenters. The number of hydrogen-bond acceptors (Lipinski definition) is 3. The Morgan fingerprint density at radius 3 is 2.96 bits per heavy atom. The lowest BCUT2D eigenvalue weighted by Crippen LogP contribution is -2.23. The predicted molar refractivity (Wildman–Crippen MR) is 102 cm³/mol. The minimum Gasteiger partial charge on any atom is -0.352 e. The third-order valence-electron chi connectivity index (χ3n) is 3.95. The standard InChI is InChI=1S/C20H19N3OS/c21-11-4-13-23-15-16(18-6-1-2-7-19(18)23)8-9-20(24)22-12-10-17-5-3-14-25-17/h1-3,5-9,14-15H,4,10,12-13H2,(H,22,24)/b9-8+. The molecule has 2 aromatic heterocycles. The van der Waals surface area contributed by atoms with Gasteiger partial charge >= 0.3 is 0 Å². The fourth-order valence-corrected chi connectivity index (χ4v) is 3.46. The van der Waals surface area contributed by atoms with Crippen molar-refractivity contribution in [2.45, 2.75) is 19.4 Å². The Labute approximate surface area is 151 Å². The van der Waals surface area contributed by atoms with Gasteiger partial charge in [0.15, 0.2) is 0 Å². The fraction of sp³-hybridized carbons (Fsp3) is 0.200. The van der Waals surface area contributed by atoms with Crippen molar-refractivity contribution in [2.75, 3.05) is 6.54 Å². The first-order valence-corrected chi connectivity index (χ1v) is 9.09. The lowest BCUT2D eigenvalue weighted by atomic mass is 10.1. The van der Waals surface area contributed by atoms with Crippen LogP contribution in [-0.2, 0) is 17.8 Å². The molecule has 1 amide bonds. The Hall–Kier alpha value is -2.84. The summed E-state index contributed by atoms with van der Waals surface area (Å²) in [6.45, 7) is 1.28. The van der Waals surface area contributed by atoms with Crippen LogP contribution >= 0.6 is 11.3 Å². The zero-order valence-corrected chi connectivity index (χ0v) is 14.6. The summed E-state index contributed by atoms with van der Waals surface area (Å²) in [6, 6.07) is 14.3. The molecule has 0 unspecified atom stereocenters. The largest absolute Gasteiger partial charge is 0.352 e. The van der Waals surface area contributed by atoms with Crippen LogP contribution < -0.4 is 5.32 Å². The number of fused-ring (bicyclic) bond motifs is 1. The van der Waals surface area contributed by atoms with Crippen LogP contribution in [0.15, 0.2) is 54.1 Å². The average Bonchev–Trinajstić information content (AvgIpc) is 3.26. The summed E-state index contributed by atoms with van der Waals surface area (Å²) in [6.07, 6.45) is 6.73. The van der Waals surface area contributed by atoms with E-state index in [1.807, 2.05) is 48.0 Å². The molecular formula is C20H19N3OS. The van der Waals surface area contributed by atoms with Crippen LogP contribution in [-0.4, -0.2) is 17.0 Å². The van der Waals surface area contributed by atoms with Gasteiger partial charge in [-0.3, -0.25) is 4.79 Å². The average molecular weight is 349 g/mol. The Balaban J connectivity index is 1.66. The second-order valence-corrected chi connectivity index (χ2v) is 6.69. The van der Waals surface area contributed by atoms with Crippen molar-refractivity contribution in [3.8, 4) is 6.07 Å². The predicted octanol–water partition coefficient (Wildman–Crippen LogP) is 3.99. The van der Waals surface area contributed by atoms with E-state index in [0.717, 1.165) is 22.9 Å². The first-order chi connectivity index (χ1) is 12.3. The van der Waals surface area contributed by atoms with Crippen LogP contribution in [0.1, 0.15) is 16.9 Å². The van der Waals surface area contributed by atoms with Crippen molar-refractivity contribution < 1.29 is 4.79 Å². The van der Waals surface area contributed by atoms with E-state index in [1.54, 1.807) is 17.4 Å². The van der Waals surface area contributed by atoms with Gasteiger partial charge in [0.2, 0.25) is 5.91 Å². The molecule has 5 heteroatoms. The van der Waals surface area contributed by atoms with Crippen LogP contribution in [0, 0.1) is 11.3 Å². The molecule has 0 aliphatic carbocycles. The Bertz CT molecular complexity index is 916. The van der Waals surface area contributed by atoms with Crippen LogP contribution in [0.3, 0.4) is 0 Å². The Morgan fingerprint density at radius 1 is 1.28 bits per heavy atom. The molecule has 0 spiro atoms. The molecule has 1 aromatic carbocycles. The number of nitrogens with zero attached hydrogens (tertiary/aromatic N) is 2. The van der Waals surface area contributed by atoms with E-state index < -0.39 is 0 Å². The summed E-state index contributed by atoms with van der Waals surface area (Å²) in [5, 5.41) is 14.8. The summed E-state index contributed by atoms with van der Waals surface area (Å²) in [4.78, 5) is 13.3. The van der Waals surface area contributed by atoms with Crippen molar-refractivity contribution >= 4 is 34.2 Å². The zero-order valence-electron chi connectivity index (χ0n) is 13.8. The molecule has 3 rings (SSSR count). The van der Waals surface area contributed by atoms with E-state index in [-0.39, 0.29) is 5.91 Å². The van der Waals surface area contributed by atoms with Gasteiger partial charge in [-0.2, -0.15) is 5.26 Å². The van der Waals surface area contributed by atoms with Gasteiger partial charge in [0.1, 0.15) is 0 Å². The molecule has 1 N–H and O–H groups in total. The Morgan fingerprint density at radius 2 is 2.16 bits per heavy atom. The van der Waals surface area contributed by atoms with E-state index in [4.69, 9.17) is 5.26 Å². The Kier molecular flexibility index (Phi) is 5.65. The van der Waals surface area contributed by atoms with Crippen molar-refractivity contribution in [2.24, 2.45) is 0 Å². The maximum atomic E-state index is 12.0. The van der Waals surface area contributed by atoms with Crippen LogP contribution in [0.2, 0.25) is 0 Å². The summed E-state index contributed by atoms with van der Waals surface area (Å²) < 4.78 is 2.06. The summed E-state index contributed by atoms with van der Waals surface area (Å²) in [5.41, 5.74) is 2.07. The molecule has 2 heterocycles. The van der Waals surface area contributed by atoms with Crippen LogP contribution in [0.5, 0.6) is 0 Å². The smallest absolute Gasteiger partial charge is 0.244 e. The van der Waals surface area contributed by atoms with Crippen molar-refractivity contribution in [1.29, 1.82) is 5.26 Å². The molecule has 0 saturated heterocycles. The van der Waals surface area contributed by atoms with E-state index in [2.05, 4.69) is 22.0 Å². The van der Waals surface area contributed by atoms with Gasteiger partial charge < -0.3 is 9.88 Å². The van der Waals surface area contributed by atoms with E-state index in [0.29, 0.717) is 19.5 Å². The molecule has 0 fully saturated rings. The van der Waals surface area contributed by atoms with Crippen LogP contribution in [0.4, 0.5) is 0 Å². The number of carbonyl (C=O) groups excluding carboxylic acids is 1. The highest BCUT2D eigenvalue weighted by Gasteiger charge is 2.06. The number of amides is 1. The maximum Gasteiger partial charge on any atom is 0.244 e. The van der Waals surface area contributed by atoms with Gasteiger partial charge in [-0.15, -0.1) is 11.3 Å². The quantitative estimate of drug-likeness (QED) is 0.656. The number of nitrogens with one attached hydrogen (secondary N) is 1. The zero-order chi connectivity index (χ0) is 17.5. The second kappa shape index (κ2) is 8.32. The third-order valence-corrected chi connectivity index (χ3v) is 4.89. The molecule has 0 saturated carbocycles. The monoisotopic (exact) mass is 349 g/mol. The minimum absolute atomic E-state index is 0.0922. The highest BCUT2D eigenvalue weighted by molar-refractivity contribution is 7.09. The number of nitriles is 1. The van der Waals surface area contributed by atoms with E-state index in [9.17, 15) is 4.79 Å². The van der Waals surface area contributed by atoms with Gasteiger partial charge in [0, 0.05) is 46.7 Å². The summed E-state index contributed by atoms with van der Waals surface area (Å²) >= 11 is 1.70. The number of carbonyl (C=O) groups is 1. The molecule has 0 radical (unpaired) electrons. The number of thiophene rings is 1. The lowest BCUT2D eigenvalue weighted by molar-refractivity contribution is -0.116. The van der Waals surface area contributed by atoms with Crippen molar-refractivity contribution in [3.63, 3.8) is 0 Å². The summed E-state index contributed by atoms with van der Waals surface area (Å²) in [5.74, 6) is -0.0922. The molecule has 3 aromatic rings. The molecule has 4 nitrogen and oxygen atoms in total.